The molecular weight excluding hydrogens is 131 g/mol. The number of pyridine rings is 1. The Morgan fingerprint density at radius 1 is 1.70 bits per heavy atom. The lowest BCUT2D eigenvalue weighted by molar-refractivity contribution is 0.579. The predicted molar refractivity (Wildman–Crippen MR) is 36.8 cm³/mol. The summed E-state index contributed by atoms with van der Waals surface area (Å²) < 4.78 is 12.7. The van der Waals surface area contributed by atoms with E-state index in [0.717, 1.165) is 0 Å². The van der Waals surface area contributed by atoms with Gasteiger partial charge in [0.15, 0.2) is 0 Å². The second-order valence-electron chi connectivity index (χ2n) is 2.16. The van der Waals surface area contributed by atoms with Gasteiger partial charge in [-0.05, 0) is 19.1 Å². The van der Waals surface area contributed by atoms with Gasteiger partial charge < -0.3 is 5.73 Å². The molecule has 10 heavy (non-hydrogen) atoms. The summed E-state index contributed by atoms with van der Waals surface area (Å²) in [5, 5.41) is 0. The number of hydrogen-bond acceptors (Lipinski definition) is 2. The van der Waals surface area contributed by atoms with E-state index in [1.165, 1.54) is 12.3 Å². The van der Waals surface area contributed by atoms with Crippen LogP contribution in [0.25, 0.3) is 0 Å². The molecule has 0 saturated heterocycles. The monoisotopic (exact) mass is 140 g/mol. The lowest BCUT2D eigenvalue weighted by Crippen LogP contribution is -2.09. The van der Waals surface area contributed by atoms with Crippen molar-refractivity contribution in [1.29, 1.82) is 0 Å². The molecule has 3 heteroatoms. The third kappa shape index (κ3) is 1.30. The van der Waals surface area contributed by atoms with Crippen molar-refractivity contribution >= 4 is 0 Å². The SMILES string of the molecule is C[C@H](N)c1ncccc1F. The van der Waals surface area contributed by atoms with Crippen LogP contribution in [-0.2, 0) is 0 Å². The van der Waals surface area contributed by atoms with Crippen LogP contribution in [0.15, 0.2) is 18.3 Å². The Hall–Kier alpha value is -0.960. The normalized spacial score (nSPS) is 13.1. The van der Waals surface area contributed by atoms with Gasteiger partial charge in [-0.25, -0.2) is 4.39 Å². The summed E-state index contributed by atoms with van der Waals surface area (Å²) in [4.78, 5) is 3.78. The van der Waals surface area contributed by atoms with Gasteiger partial charge in [-0.3, -0.25) is 4.98 Å². The van der Waals surface area contributed by atoms with Crippen molar-refractivity contribution in [2.75, 3.05) is 0 Å². The smallest absolute Gasteiger partial charge is 0.146 e. The van der Waals surface area contributed by atoms with Crippen LogP contribution < -0.4 is 5.73 Å². The van der Waals surface area contributed by atoms with Gasteiger partial charge in [-0.15, -0.1) is 0 Å². The van der Waals surface area contributed by atoms with Crippen LogP contribution in [0, 0.1) is 5.82 Å². The quantitative estimate of drug-likeness (QED) is 0.637. The Bertz CT molecular complexity index is 223. The molecule has 54 valence electrons. The number of hydrogen-bond donors (Lipinski definition) is 1. The van der Waals surface area contributed by atoms with E-state index in [1.54, 1.807) is 13.0 Å². The molecule has 0 aliphatic rings. The average Bonchev–Trinajstić information content (AvgIpc) is 1.88. The summed E-state index contributed by atoms with van der Waals surface area (Å²) in [7, 11) is 0. The molecule has 1 atom stereocenters. The zero-order valence-electron chi connectivity index (χ0n) is 5.71. The molecule has 0 saturated carbocycles. The van der Waals surface area contributed by atoms with Gasteiger partial charge in [0.2, 0.25) is 0 Å². The topological polar surface area (TPSA) is 38.9 Å². The van der Waals surface area contributed by atoms with E-state index in [0.29, 0.717) is 5.69 Å². The molecule has 2 nitrogen and oxygen atoms in total. The third-order valence-corrected chi connectivity index (χ3v) is 1.22. The third-order valence-electron chi connectivity index (χ3n) is 1.22. The van der Waals surface area contributed by atoms with Crippen molar-refractivity contribution in [3.8, 4) is 0 Å². The van der Waals surface area contributed by atoms with Crippen LogP contribution in [0.4, 0.5) is 4.39 Å². The van der Waals surface area contributed by atoms with Crippen molar-refractivity contribution in [2.45, 2.75) is 13.0 Å². The van der Waals surface area contributed by atoms with E-state index in [4.69, 9.17) is 5.73 Å². The van der Waals surface area contributed by atoms with Crippen LogP contribution >= 0.6 is 0 Å². The summed E-state index contributed by atoms with van der Waals surface area (Å²) in [6, 6.07) is 2.56. The lowest BCUT2D eigenvalue weighted by atomic mass is 10.2. The summed E-state index contributed by atoms with van der Waals surface area (Å²) in [5.74, 6) is -0.336. The van der Waals surface area contributed by atoms with Crippen molar-refractivity contribution in [3.05, 3.63) is 29.8 Å². The minimum atomic E-state index is -0.336. The molecule has 0 aromatic carbocycles. The number of nitrogens with zero attached hydrogens (tertiary/aromatic N) is 1. The van der Waals surface area contributed by atoms with E-state index in [-0.39, 0.29) is 11.9 Å². The van der Waals surface area contributed by atoms with Gasteiger partial charge in [-0.1, -0.05) is 0 Å². The molecule has 0 fully saturated rings. The molecule has 0 unspecified atom stereocenters. The first-order valence-corrected chi connectivity index (χ1v) is 3.08. The molecular formula is C7H9FN2. The van der Waals surface area contributed by atoms with E-state index in [9.17, 15) is 4.39 Å². The Balaban J connectivity index is 3.03. The highest BCUT2D eigenvalue weighted by atomic mass is 19.1. The van der Waals surface area contributed by atoms with Crippen LogP contribution in [0.5, 0.6) is 0 Å². The molecule has 0 aliphatic heterocycles. The Morgan fingerprint density at radius 3 is 2.80 bits per heavy atom. The summed E-state index contributed by atoms with van der Waals surface area (Å²) >= 11 is 0. The Labute approximate surface area is 58.9 Å². The maximum atomic E-state index is 12.7. The van der Waals surface area contributed by atoms with Gasteiger partial charge in [-0.2, -0.15) is 0 Å². The fourth-order valence-electron chi connectivity index (χ4n) is 0.733. The summed E-state index contributed by atoms with van der Waals surface area (Å²) in [6.45, 7) is 1.70. The molecule has 1 heterocycles. The highest BCUT2D eigenvalue weighted by Gasteiger charge is 2.05. The molecule has 1 aromatic heterocycles. The maximum Gasteiger partial charge on any atom is 0.146 e. The fraction of sp³-hybridized carbons (Fsp3) is 0.286. The van der Waals surface area contributed by atoms with Gasteiger partial charge in [0.25, 0.3) is 0 Å². The van der Waals surface area contributed by atoms with Crippen LogP contribution in [0.1, 0.15) is 18.7 Å². The second-order valence-corrected chi connectivity index (χ2v) is 2.16. The molecule has 0 bridgehead atoms. The average molecular weight is 140 g/mol. The van der Waals surface area contributed by atoms with Crippen LogP contribution in [0.3, 0.4) is 0 Å². The zero-order chi connectivity index (χ0) is 7.56. The van der Waals surface area contributed by atoms with Gasteiger partial charge in [0.1, 0.15) is 5.82 Å². The second kappa shape index (κ2) is 2.75. The summed E-state index contributed by atoms with van der Waals surface area (Å²) in [6.07, 6.45) is 1.53. The first kappa shape index (κ1) is 7.15. The van der Waals surface area contributed by atoms with Gasteiger partial charge in [0.05, 0.1) is 5.69 Å². The van der Waals surface area contributed by atoms with Crippen molar-refractivity contribution in [3.63, 3.8) is 0 Å². The van der Waals surface area contributed by atoms with Crippen molar-refractivity contribution < 1.29 is 4.39 Å². The van der Waals surface area contributed by atoms with Crippen molar-refractivity contribution in [2.24, 2.45) is 5.73 Å². The molecule has 1 rings (SSSR count). The largest absolute Gasteiger partial charge is 0.323 e. The fourth-order valence-corrected chi connectivity index (χ4v) is 0.733. The molecule has 0 aliphatic carbocycles. The lowest BCUT2D eigenvalue weighted by Gasteiger charge is -2.03. The van der Waals surface area contributed by atoms with E-state index >= 15 is 0 Å². The number of halogens is 1. The van der Waals surface area contributed by atoms with Gasteiger partial charge in [0, 0.05) is 12.2 Å². The number of aromatic nitrogens is 1. The molecule has 1 aromatic rings. The molecule has 0 spiro atoms. The summed E-state index contributed by atoms with van der Waals surface area (Å²) in [5.41, 5.74) is 5.73. The number of nitrogens with two attached hydrogens (primary N) is 1. The number of rotatable bonds is 1. The Kier molecular flexibility index (Phi) is 1.97. The van der Waals surface area contributed by atoms with Crippen LogP contribution in [-0.4, -0.2) is 4.98 Å². The molecule has 2 N–H and O–H groups in total. The Morgan fingerprint density at radius 2 is 2.40 bits per heavy atom. The maximum absolute atomic E-state index is 12.7. The molecule has 0 radical (unpaired) electrons. The van der Waals surface area contributed by atoms with E-state index in [2.05, 4.69) is 4.98 Å². The van der Waals surface area contributed by atoms with Crippen LogP contribution in [0.2, 0.25) is 0 Å². The standard InChI is InChI=1S/C7H9FN2/c1-5(9)7-6(8)3-2-4-10-7/h2-5H,9H2,1H3/t5-/m0/s1. The highest BCUT2D eigenvalue weighted by molar-refractivity contribution is 5.09. The minimum Gasteiger partial charge on any atom is -0.323 e. The first-order chi connectivity index (χ1) is 4.72. The first-order valence-electron chi connectivity index (χ1n) is 3.08. The van der Waals surface area contributed by atoms with Gasteiger partial charge >= 0.3 is 0 Å². The minimum absolute atomic E-state index is 0.322. The highest BCUT2D eigenvalue weighted by Crippen LogP contribution is 2.09. The zero-order valence-corrected chi connectivity index (χ0v) is 5.71. The van der Waals surface area contributed by atoms with Crippen molar-refractivity contribution in [1.82, 2.24) is 4.98 Å². The predicted octanol–water partition coefficient (Wildman–Crippen LogP) is 1.24. The van der Waals surface area contributed by atoms with E-state index in [1.807, 2.05) is 0 Å². The molecule has 0 amide bonds. The van der Waals surface area contributed by atoms with E-state index < -0.39 is 0 Å².